The first-order valence-corrected chi connectivity index (χ1v) is 6.79. The van der Waals surface area contributed by atoms with Gasteiger partial charge in [-0.3, -0.25) is 14.3 Å². The maximum atomic E-state index is 13.2. The van der Waals surface area contributed by atoms with E-state index in [2.05, 4.69) is 9.97 Å². The summed E-state index contributed by atoms with van der Waals surface area (Å²) in [5.41, 5.74) is 1.52. The molecule has 3 aromatic rings. The third-order valence-corrected chi connectivity index (χ3v) is 3.48. The van der Waals surface area contributed by atoms with Gasteiger partial charge in [-0.05, 0) is 29.8 Å². The van der Waals surface area contributed by atoms with Crippen molar-refractivity contribution in [3.05, 3.63) is 70.8 Å². The fourth-order valence-electron chi connectivity index (χ4n) is 2.30. The summed E-state index contributed by atoms with van der Waals surface area (Å²) >= 11 is 0. The highest BCUT2D eigenvalue weighted by atomic mass is 19.1. The van der Waals surface area contributed by atoms with Gasteiger partial charge in [-0.15, -0.1) is 0 Å². The predicted octanol–water partition coefficient (Wildman–Crippen LogP) is 2.52. The lowest BCUT2D eigenvalue weighted by molar-refractivity contribution is 0.628. The Morgan fingerprint density at radius 3 is 2.35 bits per heavy atom. The Hall–Kier alpha value is -3.33. The van der Waals surface area contributed by atoms with E-state index >= 15 is 0 Å². The summed E-state index contributed by atoms with van der Waals surface area (Å²) in [7, 11) is 1.48. The zero-order chi connectivity index (χ0) is 16.4. The summed E-state index contributed by atoms with van der Waals surface area (Å²) in [5, 5.41) is 9.18. The van der Waals surface area contributed by atoms with Gasteiger partial charge in [-0.1, -0.05) is 12.1 Å². The van der Waals surface area contributed by atoms with Gasteiger partial charge in [0, 0.05) is 25.0 Å². The molecule has 0 aliphatic carbocycles. The number of hydrogen-bond acceptors (Lipinski definition) is 4. The van der Waals surface area contributed by atoms with Crippen molar-refractivity contribution in [3.8, 4) is 28.5 Å². The average molecular weight is 306 g/mol. The Morgan fingerprint density at radius 2 is 1.74 bits per heavy atom. The zero-order valence-corrected chi connectivity index (χ0v) is 12.2. The summed E-state index contributed by atoms with van der Waals surface area (Å²) in [6.45, 7) is 0. The second-order valence-electron chi connectivity index (χ2n) is 4.88. The second-order valence-corrected chi connectivity index (χ2v) is 4.88. The number of nitrogens with zero attached hydrogens (tertiary/aromatic N) is 4. The van der Waals surface area contributed by atoms with Gasteiger partial charge >= 0.3 is 0 Å². The van der Waals surface area contributed by atoms with Gasteiger partial charge in [0.1, 0.15) is 11.9 Å². The highest BCUT2D eigenvalue weighted by molar-refractivity contribution is 5.80. The highest BCUT2D eigenvalue weighted by Gasteiger charge is 2.17. The van der Waals surface area contributed by atoms with Crippen LogP contribution in [-0.2, 0) is 7.05 Å². The van der Waals surface area contributed by atoms with Gasteiger partial charge in [0.25, 0.3) is 5.56 Å². The van der Waals surface area contributed by atoms with Crippen molar-refractivity contribution in [1.82, 2.24) is 14.5 Å². The van der Waals surface area contributed by atoms with E-state index in [4.69, 9.17) is 0 Å². The summed E-state index contributed by atoms with van der Waals surface area (Å²) in [6.07, 6.45) is 3.16. The topological polar surface area (TPSA) is 71.6 Å². The third kappa shape index (κ3) is 2.60. The van der Waals surface area contributed by atoms with E-state index in [1.807, 2.05) is 6.07 Å². The molecule has 23 heavy (non-hydrogen) atoms. The standard InChI is InChI=1S/C17H11FN4O/c1-22-14(10-19)21-16(12-6-8-20-9-7-12)15(17(22)23)11-2-4-13(18)5-3-11/h2-9H,1H3. The summed E-state index contributed by atoms with van der Waals surface area (Å²) in [4.78, 5) is 20.9. The lowest BCUT2D eigenvalue weighted by atomic mass is 10.0. The van der Waals surface area contributed by atoms with Crippen LogP contribution in [0.15, 0.2) is 53.6 Å². The Bertz CT molecular complexity index is 957. The summed E-state index contributed by atoms with van der Waals surface area (Å²) < 4.78 is 14.4. The van der Waals surface area contributed by atoms with E-state index in [0.717, 1.165) is 0 Å². The van der Waals surface area contributed by atoms with Crippen LogP contribution in [0, 0.1) is 17.1 Å². The normalized spacial score (nSPS) is 10.3. The number of nitriles is 1. The molecule has 0 aliphatic rings. The van der Waals surface area contributed by atoms with Crippen molar-refractivity contribution in [2.45, 2.75) is 0 Å². The van der Waals surface area contributed by atoms with Crippen LogP contribution in [0.25, 0.3) is 22.4 Å². The molecule has 0 bridgehead atoms. The minimum Gasteiger partial charge on any atom is -0.287 e. The van der Waals surface area contributed by atoms with Crippen LogP contribution in [0.3, 0.4) is 0 Å². The molecular weight excluding hydrogens is 295 g/mol. The van der Waals surface area contributed by atoms with E-state index in [0.29, 0.717) is 22.4 Å². The Morgan fingerprint density at radius 1 is 1.09 bits per heavy atom. The van der Waals surface area contributed by atoms with Gasteiger partial charge in [0.2, 0.25) is 5.82 Å². The van der Waals surface area contributed by atoms with Crippen LogP contribution in [0.4, 0.5) is 4.39 Å². The van der Waals surface area contributed by atoms with Gasteiger partial charge in [0.15, 0.2) is 0 Å². The number of pyridine rings is 1. The van der Waals surface area contributed by atoms with Crippen molar-refractivity contribution in [3.63, 3.8) is 0 Å². The molecule has 3 rings (SSSR count). The van der Waals surface area contributed by atoms with Crippen LogP contribution in [-0.4, -0.2) is 14.5 Å². The molecule has 0 aliphatic heterocycles. The smallest absolute Gasteiger partial charge is 0.262 e. The highest BCUT2D eigenvalue weighted by Crippen LogP contribution is 2.27. The SMILES string of the molecule is Cn1c(C#N)nc(-c2ccncc2)c(-c2ccc(F)cc2)c1=O. The first-order chi connectivity index (χ1) is 11.1. The van der Waals surface area contributed by atoms with Crippen LogP contribution < -0.4 is 5.56 Å². The number of halogens is 1. The third-order valence-electron chi connectivity index (χ3n) is 3.48. The first kappa shape index (κ1) is 14.6. The molecule has 0 N–H and O–H groups in total. The molecule has 0 saturated heterocycles. The molecule has 0 fully saturated rings. The average Bonchev–Trinajstić information content (AvgIpc) is 2.59. The van der Waals surface area contributed by atoms with Crippen LogP contribution in [0.5, 0.6) is 0 Å². The minimum atomic E-state index is -0.391. The second kappa shape index (κ2) is 5.81. The van der Waals surface area contributed by atoms with Gasteiger partial charge in [0.05, 0.1) is 11.3 Å². The van der Waals surface area contributed by atoms with Crippen LogP contribution in [0.1, 0.15) is 5.82 Å². The molecule has 0 atom stereocenters. The molecule has 0 spiro atoms. The fourth-order valence-corrected chi connectivity index (χ4v) is 2.30. The van der Waals surface area contributed by atoms with Gasteiger partial charge < -0.3 is 0 Å². The Balaban J connectivity index is 2.38. The van der Waals surface area contributed by atoms with Crippen molar-refractivity contribution >= 4 is 0 Å². The molecule has 0 saturated carbocycles. The largest absolute Gasteiger partial charge is 0.287 e. The van der Waals surface area contributed by atoms with E-state index < -0.39 is 5.82 Å². The van der Waals surface area contributed by atoms with Crippen molar-refractivity contribution in [1.29, 1.82) is 5.26 Å². The number of benzene rings is 1. The zero-order valence-electron chi connectivity index (χ0n) is 12.2. The molecule has 6 heteroatoms. The lowest BCUT2D eigenvalue weighted by Gasteiger charge is -2.11. The van der Waals surface area contributed by atoms with Crippen molar-refractivity contribution in [2.24, 2.45) is 7.05 Å². The monoisotopic (exact) mass is 306 g/mol. The molecular formula is C17H11FN4O. The van der Waals surface area contributed by atoms with Crippen molar-refractivity contribution < 1.29 is 4.39 Å². The van der Waals surface area contributed by atoms with E-state index in [1.54, 1.807) is 24.5 Å². The first-order valence-electron chi connectivity index (χ1n) is 6.79. The maximum Gasteiger partial charge on any atom is 0.262 e. The van der Waals surface area contributed by atoms with Gasteiger partial charge in [-0.2, -0.15) is 5.26 Å². The number of hydrogen-bond donors (Lipinski definition) is 0. The van der Waals surface area contributed by atoms with Gasteiger partial charge in [-0.25, -0.2) is 9.37 Å². The molecule has 0 radical (unpaired) electrons. The Kier molecular flexibility index (Phi) is 3.69. The van der Waals surface area contributed by atoms with E-state index in [-0.39, 0.29) is 11.4 Å². The minimum absolute atomic E-state index is 0.00711. The maximum absolute atomic E-state index is 13.2. The molecule has 0 unspecified atom stereocenters. The molecule has 1 aromatic carbocycles. The molecule has 0 amide bonds. The quantitative estimate of drug-likeness (QED) is 0.729. The summed E-state index contributed by atoms with van der Waals surface area (Å²) in [5.74, 6) is -0.384. The molecule has 5 nitrogen and oxygen atoms in total. The molecule has 2 heterocycles. The molecule has 2 aromatic heterocycles. The summed E-state index contributed by atoms with van der Waals surface area (Å²) in [6, 6.07) is 10.9. The number of aromatic nitrogens is 3. The molecule has 112 valence electrons. The lowest BCUT2D eigenvalue weighted by Crippen LogP contribution is -2.23. The predicted molar refractivity (Wildman–Crippen MR) is 82.8 cm³/mol. The van der Waals surface area contributed by atoms with E-state index in [1.165, 1.54) is 35.9 Å². The Labute approximate surface area is 131 Å². The number of rotatable bonds is 2. The van der Waals surface area contributed by atoms with Crippen molar-refractivity contribution in [2.75, 3.05) is 0 Å². The van der Waals surface area contributed by atoms with Crippen LogP contribution >= 0.6 is 0 Å². The van der Waals surface area contributed by atoms with Crippen LogP contribution in [0.2, 0.25) is 0 Å². The fraction of sp³-hybridized carbons (Fsp3) is 0.0588. The van der Waals surface area contributed by atoms with E-state index in [9.17, 15) is 14.4 Å².